The summed E-state index contributed by atoms with van der Waals surface area (Å²) in [6.07, 6.45) is 3.43. The van der Waals surface area contributed by atoms with Crippen molar-refractivity contribution in [2.45, 2.75) is 19.3 Å². The highest BCUT2D eigenvalue weighted by Gasteiger charge is 2.46. The molecule has 0 aliphatic carbocycles. The summed E-state index contributed by atoms with van der Waals surface area (Å²) in [4.78, 5) is 22.2. The van der Waals surface area contributed by atoms with Crippen molar-refractivity contribution in [2.75, 3.05) is 36.4 Å². The summed E-state index contributed by atoms with van der Waals surface area (Å²) >= 11 is 0. The molecule has 0 saturated carbocycles. The van der Waals surface area contributed by atoms with Gasteiger partial charge in [-0.05, 0) is 12.8 Å². The van der Waals surface area contributed by atoms with E-state index in [4.69, 9.17) is 5.14 Å². The molecule has 4 rings (SSSR count). The van der Waals surface area contributed by atoms with Crippen molar-refractivity contribution < 1.29 is 13.2 Å². The van der Waals surface area contributed by atoms with Crippen LogP contribution in [0.4, 0.5) is 11.6 Å². The molecule has 4 heterocycles. The highest BCUT2D eigenvalue weighted by molar-refractivity contribution is 7.86. The molecule has 0 aromatic carbocycles. The van der Waals surface area contributed by atoms with E-state index in [9.17, 15) is 13.2 Å². The normalized spacial score (nSPS) is 26.5. The molecule has 1 amide bonds. The van der Waals surface area contributed by atoms with Crippen LogP contribution in [0.3, 0.4) is 0 Å². The quantitative estimate of drug-likeness (QED) is 0.719. The first-order chi connectivity index (χ1) is 10.9. The fraction of sp³-hybridized carbons (Fsp3) is 0.615. The van der Waals surface area contributed by atoms with E-state index < -0.39 is 10.2 Å². The first-order valence-corrected chi connectivity index (χ1v) is 9.03. The zero-order valence-corrected chi connectivity index (χ0v) is 14.6. The zero-order valence-electron chi connectivity index (χ0n) is 12.9. The van der Waals surface area contributed by atoms with E-state index in [1.165, 1.54) is 10.6 Å². The Morgan fingerprint density at radius 2 is 1.96 bits per heavy atom. The molecule has 1 spiro atoms. The minimum absolute atomic E-state index is 0. The van der Waals surface area contributed by atoms with Gasteiger partial charge in [-0.3, -0.25) is 4.79 Å². The van der Waals surface area contributed by atoms with Crippen LogP contribution in [0.2, 0.25) is 0 Å². The fourth-order valence-corrected chi connectivity index (χ4v) is 4.64. The minimum Gasteiger partial charge on any atom is -0.356 e. The van der Waals surface area contributed by atoms with Gasteiger partial charge in [-0.25, -0.2) is 15.1 Å². The van der Waals surface area contributed by atoms with Crippen molar-refractivity contribution in [1.82, 2.24) is 14.3 Å². The van der Waals surface area contributed by atoms with Crippen molar-refractivity contribution in [3.05, 3.63) is 11.9 Å². The number of amides is 1. The summed E-state index contributed by atoms with van der Waals surface area (Å²) in [7, 11) is -3.63. The molecule has 132 valence electrons. The third-order valence-corrected chi connectivity index (χ3v) is 6.05. The van der Waals surface area contributed by atoms with Gasteiger partial charge in [0.1, 0.15) is 18.0 Å². The number of carbonyl (C=O) groups excluding carboxylic acids is 1. The van der Waals surface area contributed by atoms with Crippen LogP contribution in [0.1, 0.15) is 18.4 Å². The number of rotatable bonds is 2. The smallest absolute Gasteiger partial charge is 0.276 e. The Labute approximate surface area is 146 Å². The van der Waals surface area contributed by atoms with Gasteiger partial charge in [-0.1, -0.05) is 0 Å². The minimum atomic E-state index is -3.63. The molecule has 3 aliphatic heterocycles. The summed E-state index contributed by atoms with van der Waals surface area (Å²) in [5, 5.41) is 7.97. The maximum atomic E-state index is 11.6. The van der Waals surface area contributed by atoms with E-state index in [0.717, 1.165) is 37.3 Å². The van der Waals surface area contributed by atoms with Crippen LogP contribution in [0.25, 0.3) is 0 Å². The van der Waals surface area contributed by atoms with Gasteiger partial charge >= 0.3 is 0 Å². The van der Waals surface area contributed by atoms with Crippen molar-refractivity contribution in [3.63, 3.8) is 0 Å². The van der Waals surface area contributed by atoms with E-state index in [0.29, 0.717) is 18.9 Å². The number of hydrogen-bond acceptors (Lipinski definition) is 6. The van der Waals surface area contributed by atoms with Gasteiger partial charge < -0.3 is 10.2 Å². The number of anilines is 2. The highest BCUT2D eigenvalue weighted by atomic mass is 35.5. The molecule has 2 fully saturated rings. The molecule has 0 bridgehead atoms. The molecule has 3 aliphatic rings. The molecular formula is C13H19ClN6O3S. The molecule has 24 heavy (non-hydrogen) atoms. The fourth-order valence-electron chi connectivity index (χ4n) is 3.84. The van der Waals surface area contributed by atoms with E-state index in [1.807, 2.05) is 0 Å². The third-order valence-electron chi connectivity index (χ3n) is 5.02. The lowest BCUT2D eigenvalue weighted by Crippen LogP contribution is -2.37. The van der Waals surface area contributed by atoms with E-state index in [-0.39, 0.29) is 30.2 Å². The highest BCUT2D eigenvalue weighted by Crippen LogP contribution is 2.42. The monoisotopic (exact) mass is 374 g/mol. The lowest BCUT2D eigenvalue weighted by molar-refractivity contribution is -0.115. The molecule has 1 aromatic heterocycles. The average molecular weight is 375 g/mol. The number of fused-ring (bicyclic) bond motifs is 1. The van der Waals surface area contributed by atoms with Crippen LogP contribution < -0.4 is 15.4 Å². The molecule has 1 atom stereocenters. The van der Waals surface area contributed by atoms with Crippen molar-refractivity contribution in [2.24, 2.45) is 10.6 Å². The van der Waals surface area contributed by atoms with Crippen LogP contribution >= 0.6 is 12.4 Å². The largest absolute Gasteiger partial charge is 0.356 e. The number of nitrogens with one attached hydrogen (secondary N) is 1. The van der Waals surface area contributed by atoms with E-state index in [2.05, 4.69) is 20.2 Å². The summed E-state index contributed by atoms with van der Waals surface area (Å²) in [5.41, 5.74) is 0.746. The first kappa shape index (κ1) is 17.3. The average Bonchev–Trinajstić information content (AvgIpc) is 3.16. The Bertz CT molecular complexity index is 788. The van der Waals surface area contributed by atoms with Gasteiger partial charge in [0.25, 0.3) is 10.2 Å². The second-order valence-electron chi connectivity index (χ2n) is 6.55. The van der Waals surface area contributed by atoms with Crippen molar-refractivity contribution in [3.8, 4) is 0 Å². The van der Waals surface area contributed by atoms with Crippen molar-refractivity contribution >= 4 is 40.2 Å². The molecular weight excluding hydrogens is 356 g/mol. The molecule has 1 aromatic rings. The van der Waals surface area contributed by atoms with Gasteiger partial charge in [0, 0.05) is 37.2 Å². The van der Waals surface area contributed by atoms with Crippen molar-refractivity contribution in [1.29, 1.82) is 0 Å². The van der Waals surface area contributed by atoms with Crippen LogP contribution in [0.15, 0.2) is 6.33 Å². The number of halogens is 1. The maximum absolute atomic E-state index is 11.6. The molecule has 11 heteroatoms. The Hall–Kier alpha value is -1.49. The predicted molar refractivity (Wildman–Crippen MR) is 90.2 cm³/mol. The SMILES string of the molecule is Cl.NS(=O)(=O)N1CCC2(CCN(c3ncnc4c3CC(=O)N4)C2)C1. The zero-order chi connectivity index (χ0) is 16.2. The molecule has 0 radical (unpaired) electrons. The molecule has 2 saturated heterocycles. The van der Waals surface area contributed by atoms with Crippen LogP contribution in [0.5, 0.6) is 0 Å². The topological polar surface area (TPSA) is 122 Å². The number of carbonyl (C=O) groups is 1. The van der Waals surface area contributed by atoms with Gasteiger partial charge in [0.15, 0.2) is 0 Å². The lowest BCUT2D eigenvalue weighted by Gasteiger charge is -2.25. The number of nitrogens with zero attached hydrogens (tertiary/aromatic N) is 4. The Balaban J connectivity index is 0.00000169. The molecule has 1 unspecified atom stereocenters. The van der Waals surface area contributed by atoms with Gasteiger partial charge in [0.05, 0.1) is 6.42 Å². The standard InChI is InChI=1S/C13H18N6O3S.ClH/c14-23(21,22)19-4-2-13(7-19)1-3-18(6-13)12-9-5-10(20)17-11(9)15-8-16-12;/h8H,1-7H2,(H2,14,21,22)(H,15,16,17,20);1H. The summed E-state index contributed by atoms with van der Waals surface area (Å²) in [5.74, 6) is 1.29. The second kappa shape index (κ2) is 5.80. The van der Waals surface area contributed by atoms with E-state index >= 15 is 0 Å². The van der Waals surface area contributed by atoms with Crippen LogP contribution in [0, 0.1) is 5.41 Å². The molecule has 3 N–H and O–H groups in total. The summed E-state index contributed by atoms with van der Waals surface area (Å²) < 4.78 is 24.4. The summed E-state index contributed by atoms with van der Waals surface area (Å²) in [6, 6.07) is 0. The Morgan fingerprint density at radius 3 is 2.67 bits per heavy atom. The number of aromatic nitrogens is 2. The third kappa shape index (κ3) is 2.83. The number of hydrogen-bond donors (Lipinski definition) is 2. The Kier molecular flexibility index (Phi) is 4.19. The van der Waals surface area contributed by atoms with Gasteiger partial charge in [0.2, 0.25) is 5.91 Å². The maximum Gasteiger partial charge on any atom is 0.276 e. The predicted octanol–water partition coefficient (Wildman–Crippen LogP) is -0.501. The second-order valence-corrected chi connectivity index (χ2v) is 8.10. The summed E-state index contributed by atoms with van der Waals surface area (Å²) in [6.45, 7) is 2.42. The number of nitrogens with two attached hydrogens (primary N) is 1. The first-order valence-electron chi connectivity index (χ1n) is 7.53. The van der Waals surface area contributed by atoms with Crippen LogP contribution in [-0.4, -0.2) is 54.8 Å². The Morgan fingerprint density at radius 1 is 1.21 bits per heavy atom. The lowest BCUT2D eigenvalue weighted by atomic mass is 9.86. The van der Waals surface area contributed by atoms with Gasteiger partial charge in [-0.2, -0.15) is 12.7 Å². The molecule has 9 nitrogen and oxygen atoms in total. The van der Waals surface area contributed by atoms with E-state index in [1.54, 1.807) is 0 Å². The van der Waals surface area contributed by atoms with Crippen LogP contribution in [-0.2, 0) is 21.4 Å². The van der Waals surface area contributed by atoms with Gasteiger partial charge in [-0.15, -0.1) is 12.4 Å².